The summed E-state index contributed by atoms with van der Waals surface area (Å²) in [5.41, 5.74) is -1.64. The van der Waals surface area contributed by atoms with E-state index < -0.39 is 53.6 Å². The van der Waals surface area contributed by atoms with Gasteiger partial charge in [-0.15, -0.1) is 0 Å². The first-order chi connectivity index (χ1) is 16.2. The van der Waals surface area contributed by atoms with Gasteiger partial charge in [-0.1, -0.05) is 19.3 Å². The Morgan fingerprint density at radius 3 is 2.35 bits per heavy atom. The minimum atomic E-state index is -2.13. The quantitative estimate of drug-likeness (QED) is 0.445. The number of likely N-dealkylation sites (tertiary alicyclic amines) is 1. The summed E-state index contributed by atoms with van der Waals surface area (Å²) < 4.78 is 11.3. The number of carboxylic acids is 2. The lowest BCUT2D eigenvalue weighted by molar-refractivity contribution is -0.156. The second kappa shape index (κ2) is 9.18. The topological polar surface area (TPSA) is 142 Å². The molecule has 4 atom stereocenters. The van der Waals surface area contributed by atoms with Crippen LogP contribution in [-0.2, 0) is 19.2 Å². The lowest BCUT2D eigenvalue weighted by Crippen LogP contribution is -2.57. The van der Waals surface area contributed by atoms with Crippen molar-refractivity contribution >= 4 is 39.7 Å². The number of carbonyl (C=O) groups excluding carboxylic acids is 2. The molecule has 11 heteroatoms. The zero-order valence-corrected chi connectivity index (χ0v) is 20.5. The summed E-state index contributed by atoms with van der Waals surface area (Å²) in [5, 5.41) is 22.7. The number of ether oxygens (including phenoxy) is 2. The van der Waals surface area contributed by atoms with Crippen LogP contribution in [0.25, 0.3) is 0 Å². The molecule has 4 unspecified atom stereocenters. The van der Waals surface area contributed by atoms with Crippen LogP contribution < -0.4 is 14.8 Å². The summed E-state index contributed by atoms with van der Waals surface area (Å²) in [6.45, 7) is 0. The zero-order valence-electron chi connectivity index (χ0n) is 18.9. The molecule has 0 bridgehead atoms. The number of halogens is 1. The number of carboxylic acid groups (broad SMARTS) is 2. The lowest BCUT2D eigenvalue weighted by atomic mass is 9.77. The second-order valence-corrected chi connectivity index (χ2v) is 9.90. The summed E-state index contributed by atoms with van der Waals surface area (Å²) in [5.74, 6) is -5.57. The van der Waals surface area contributed by atoms with Gasteiger partial charge in [-0.3, -0.25) is 29.4 Å². The standard InChI is InChI=1S/C23H27BrN2O8/c1-33-14-9-11(8-13(24)19(14)34-2)18-16-17(23(25-18,22(31)32)10-15(27)28)21(30)26(20(16)29)12-6-4-3-5-7-12/h8-9,12,16-18,25H,3-7,10H2,1-2H3,(H,27,28)(H,31,32). The number of methoxy groups -OCH3 is 2. The molecule has 2 aliphatic heterocycles. The van der Waals surface area contributed by atoms with Crippen LogP contribution in [0.5, 0.6) is 11.5 Å². The molecule has 3 N–H and O–H groups in total. The second-order valence-electron chi connectivity index (χ2n) is 9.05. The van der Waals surface area contributed by atoms with Gasteiger partial charge >= 0.3 is 11.9 Å². The molecule has 2 saturated heterocycles. The number of rotatable bonds is 7. The van der Waals surface area contributed by atoms with E-state index in [4.69, 9.17) is 9.47 Å². The molecule has 10 nitrogen and oxygen atoms in total. The van der Waals surface area contributed by atoms with Gasteiger partial charge in [0.25, 0.3) is 0 Å². The summed E-state index contributed by atoms with van der Waals surface area (Å²) in [4.78, 5) is 52.8. The fourth-order valence-electron chi connectivity index (χ4n) is 5.80. The van der Waals surface area contributed by atoms with E-state index in [1.165, 1.54) is 19.1 Å². The third kappa shape index (κ3) is 3.74. The number of carbonyl (C=O) groups is 4. The predicted octanol–water partition coefficient (Wildman–Crippen LogP) is 2.34. The molecular weight excluding hydrogens is 512 g/mol. The molecule has 34 heavy (non-hydrogen) atoms. The van der Waals surface area contributed by atoms with E-state index in [-0.39, 0.29) is 6.04 Å². The van der Waals surface area contributed by atoms with E-state index >= 15 is 0 Å². The van der Waals surface area contributed by atoms with Gasteiger partial charge in [-0.05, 0) is 46.5 Å². The van der Waals surface area contributed by atoms with E-state index in [0.29, 0.717) is 34.4 Å². The Labute approximate surface area is 204 Å². The Morgan fingerprint density at radius 1 is 1.12 bits per heavy atom. The van der Waals surface area contributed by atoms with Gasteiger partial charge in [0.2, 0.25) is 11.8 Å². The van der Waals surface area contributed by atoms with Crippen LogP contribution in [-0.4, -0.2) is 64.7 Å². The highest BCUT2D eigenvalue weighted by Gasteiger charge is 2.69. The van der Waals surface area contributed by atoms with Gasteiger partial charge in [0.05, 0.1) is 36.9 Å². The van der Waals surface area contributed by atoms with Gasteiger partial charge < -0.3 is 19.7 Å². The number of amides is 2. The maximum atomic E-state index is 13.7. The van der Waals surface area contributed by atoms with Gasteiger partial charge in [-0.25, -0.2) is 0 Å². The highest BCUT2D eigenvalue weighted by Crippen LogP contribution is 2.52. The molecule has 2 amide bonds. The lowest BCUT2D eigenvalue weighted by Gasteiger charge is -2.34. The van der Waals surface area contributed by atoms with Crippen molar-refractivity contribution in [2.75, 3.05) is 14.2 Å². The Bertz CT molecular complexity index is 1040. The third-order valence-electron chi connectivity index (χ3n) is 7.25. The molecule has 0 radical (unpaired) electrons. The van der Waals surface area contributed by atoms with Crippen LogP contribution in [0.2, 0.25) is 0 Å². The van der Waals surface area contributed by atoms with Crippen molar-refractivity contribution in [1.29, 1.82) is 0 Å². The zero-order chi connectivity index (χ0) is 24.8. The number of nitrogens with zero attached hydrogens (tertiary/aromatic N) is 1. The molecule has 1 aliphatic carbocycles. The molecular formula is C23H27BrN2O8. The van der Waals surface area contributed by atoms with Gasteiger partial charge in [0, 0.05) is 12.1 Å². The van der Waals surface area contributed by atoms with Crippen molar-refractivity contribution in [3.05, 3.63) is 22.2 Å². The van der Waals surface area contributed by atoms with Crippen molar-refractivity contribution < 1.29 is 38.9 Å². The summed E-state index contributed by atoms with van der Waals surface area (Å²) in [6.07, 6.45) is 3.25. The Hall–Kier alpha value is -2.66. The smallest absolute Gasteiger partial charge is 0.325 e. The van der Waals surface area contributed by atoms with Crippen molar-refractivity contribution in [2.24, 2.45) is 11.8 Å². The summed E-state index contributed by atoms with van der Waals surface area (Å²) in [6, 6.07) is 2.06. The molecule has 1 aromatic carbocycles. The van der Waals surface area contributed by atoms with Gasteiger partial charge in [0.1, 0.15) is 5.54 Å². The molecule has 2 heterocycles. The fourth-order valence-corrected chi connectivity index (χ4v) is 6.42. The van der Waals surface area contributed by atoms with Crippen LogP contribution in [0, 0.1) is 11.8 Å². The van der Waals surface area contributed by atoms with Gasteiger partial charge in [0.15, 0.2) is 11.5 Å². The Kier molecular flexibility index (Phi) is 6.61. The first-order valence-electron chi connectivity index (χ1n) is 11.2. The highest BCUT2D eigenvalue weighted by atomic mass is 79.9. The minimum Gasteiger partial charge on any atom is -0.493 e. The number of benzene rings is 1. The Balaban J connectivity index is 1.85. The number of fused-ring (bicyclic) bond motifs is 1. The first kappa shape index (κ1) is 24.5. The average molecular weight is 539 g/mol. The molecule has 4 rings (SSSR count). The number of hydrogen-bond acceptors (Lipinski definition) is 7. The van der Waals surface area contributed by atoms with Gasteiger partial charge in [-0.2, -0.15) is 0 Å². The molecule has 1 aromatic rings. The molecule has 3 aliphatic rings. The fraction of sp³-hybridized carbons (Fsp3) is 0.565. The predicted molar refractivity (Wildman–Crippen MR) is 121 cm³/mol. The molecule has 1 saturated carbocycles. The van der Waals surface area contributed by atoms with Crippen LogP contribution >= 0.6 is 15.9 Å². The van der Waals surface area contributed by atoms with E-state index in [0.717, 1.165) is 19.3 Å². The van der Waals surface area contributed by atoms with Crippen molar-refractivity contribution in [2.45, 2.75) is 56.1 Å². The number of aliphatic carboxylic acids is 2. The first-order valence-corrected chi connectivity index (χ1v) is 12.0. The van der Waals surface area contributed by atoms with Crippen LogP contribution in [0.4, 0.5) is 0 Å². The average Bonchev–Trinajstić information content (AvgIpc) is 3.27. The maximum Gasteiger partial charge on any atom is 0.325 e. The monoisotopic (exact) mass is 538 g/mol. The SMILES string of the molecule is COc1cc(C2NC(CC(=O)O)(C(=O)O)C3C(=O)N(C4CCCCC4)C(=O)C23)cc(Br)c1OC. The van der Waals surface area contributed by atoms with Crippen LogP contribution in [0.15, 0.2) is 16.6 Å². The number of nitrogens with one attached hydrogen (secondary N) is 1. The van der Waals surface area contributed by atoms with E-state index in [9.17, 15) is 29.4 Å². The van der Waals surface area contributed by atoms with E-state index in [1.807, 2.05) is 0 Å². The molecule has 0 aromatic heterocycles. The minimum absolute atomic E-state index is 0.298. The highest BCUT2D eigenvalue weighted by molar-refractivity contribution is 9.10. The molecule has 0 spiro atoms. The van der Waals surface area contributed by atoms with E-state index in [1.54, 1.807) is 12.1 Å². The maximum absolute atomic E-state index is 13.7. The Morgan fingerprint density at radius 2 is 1.79 bits per heavy atom. The number of imide groups is 1. The van der Waals surface area contributed by atoms with Crippen molar-refractivity contribution in [3.63, 3.8) is 0 Å². The van der Waals surface area contributed by atoms with Crippen LogP contribution in [0.3, 0.4) is 0 Å². The molecule has 3 fully saturated rings. The van der Waals surface area contributed by atoms with Crippen molar-refractivity contribution in [1.82, 2.24) is 10.2 Å². The number of hydrogen-bond donors (Lipinski definition) is 3. The van der Waals surface area contributed by atoms with E-state index in [2.05, 4.69) is 21.2 Å². The normalized spacial score (nSPS) is 29.3. The van der Waals surface area contributed by atoms with Crippen LogP contribution in [0.1, 0.15) is 50.1 Å². The summed E-state index contributed by atoms with van der Waals surface area (Å²) >= 11 is 3.41. The largest absolute Gasteiger partial charge is 0.493 e. The van der Waals surface area contributed by atoms with Crippen molar-refractivity contribution in [3.8, 4) is 11.5 Å². The molecule has 184 valence electrons. The summed E-state index contributed by atoms with van der Waals surface area (Å²) in [7, 11) is 2.91. The third-order valence-corrected chi connectivity index (χ3v) is 7.84.